The summed E-state index contributed by atoms with van der Waals surface area (Å²) in [7, 11) is 0. The number of aromatic nitrogens is 1. The molecule has 1 amide bonds. The van der Waals surface area contributed by atoms with Crippen molar-refractivity contribution < 1.29 is 4.79 Å². The molecule has 70 valence electrons. The van der Waals surface area contributed by atoms with Gasteiger partial charge in [0.15, 0.2) is 0 Å². The molecule has 1 aromatic heterocycles. The average Bonchev–Trinajstić information content (AvgIpc) is 2.18. The molecule has 1 atom stereocenters. The second-order valence-electron chi connectivity index (χ2n) is 3.01. The zero-order chi connectivity index (χ0) is 9.68. The molecule has 1 N–H and O–H groups in total. The summed E-state index contributed by atoms with van der Waals surface area (Å²) in [4.78, 5) is 15.4. The van der Waals surface area contributed by atoms with Gasteiger partial charge in [-0.2, -0.15) is 0 Å². The molecule has 0 saturated carbocycles. The van der Waals surface area contributed by atoms with Crippen LogP contribution in [0.2, 0.25) is 0 Å². The van der Waals surface area contributed by atoms with Crippen molar-refractivity contribution in [2.24, 2.45) is 5.92 Å². The maximum Gasteiger partial charge on any atom is 0.228 e. The normalized spacial score (nSPS) is 12.2. The number of rotatable bonds is 3. The number of hydrogen-bond acceptors (Lipinski definition) is 2. The van der Waals surface area contributed by atoms with Crippen molar-refractivity contribution in [1.29, 1.82) is 0 Å². The van der Waals surface area contributed by atoms with Crippen molar-refractivity contribution in [3.8, 4) is 0 Å². The molecular formula is C10H14N2O. The molecule has 0 aliphatic heterocycles. The molecule has 0 spiro atoms. The Morgan fingerprint density at radius 1 is 1.62 bits per heavy atom. The fraction of sp³-hybridized carbons (Fsp3) is 0.400. The molecule has 0 radical (unpaired) electrons. The van der Waals surface area contributed by atoms with Crippen molar-refractivity contribution in [1.82, 2.24) is 4.98 Å². The second-order valence-corrected chi connectivity index (χ2v) is 3.01. The third-order valence-corrected chi connectivity index (χ3v) is 1.98. The number of hydrogen-bond donors (Lipinski definition) is 1. The van der Waals surface area contributed by atoms with Crippen molar-refractivity contribution in [3.63, 3.8) is 0 Å². The molecular weight excluding hydrogens is 164 g/mol. The third kappa shape index (κ3) is 2.86. The highest BCUT2D eigenvalue weighted by Crippen LogP contribution is 2.06. The Bertz CT molecular complexity index is 272. The monoisotopic (exact) mass is 178 g/mol. The molecule has 0 fully saturated rings. The van der Waals surface area contributed by atoms with Crippen LogP contribution in [0.5, 0.6) is 0 Å². The topological polar surface area (TPSA) is 42.0 Å². The standard InChI is InChI=1S/C10H14N2O/c1-3-8(2)10(13)12-9-6-4-5-7-11-9/h4-8H,3H2,1-2H3,(H,11,12,13)/t8-/m0/s1. The lowest BCUT2D eigenvalue weighted by Gasteiger charge is -2.08. The molecule has 0 unspecified atom stereocenters. The summed E-state index contributed by atoms with van der Waals surface area (Å²) >= 11 is 0. The smallest absolute Gasteiger partial charge is 0.228 e. The molecule has 0 aliphatic carbocycles. The van der Waals surface area contributed by atoms with Gasteiger partial charge >= 0.3 is 0 Å². The summed E-state index contributed by atoms with van der Waals surface area (Å²) in [5.74, 6) is 0.691. The van der Waals surface area contributed by atoms with Gasteiger partial charge in [-0.1, -0.05) is 19.9 Å². The van der Waals surface area contributed by atoms with E-state index >= 15 is 0 Å². The van der Waals surface area contributed by atoms with Gasteiger partial charge in [0.1, 0.15) is 5.82 Å². The zero-order valence-corrected chi connectivity index (χ0v) is 7.95. The first-order valence-corrected chi connectivity index (χ1v) is 4.46. The molecule has 13 heavy (non-hydrogen) atoms. The lowest BCUT2D eigenvalue weighted by atomic mass is 10.1. The molecule has 3 heteroatoms. The van der Waals surface area contributed by atoms with Crippen LogP contribution < -0.4 is 5.32 Å². The van der Waals surface area contributed by atoms with E-state index in [0.29, 0.717) is 5.82 Å². The van der Waals surface area contributed by atoms with Crippen molar-refractivity contribution >= 4 is 11.7 Å². The van der Waals surface area contributed by atoms with E-state index in [2.05, 4.69) is 10.3 Å². The van der Waals surface area contributed by atoms with Crippen LogP contribution in [-0.2, 0) is 4.79 Å². The largest absolute Gasteiger partial charge is 0.310 e. The Kier molecular flexibility index (Phi) is 3.43. The summed E-state index contributed by atoms with van der Waals surface area (Å²) < 4.78 is 0. The van der Waals surface area contributed by atoms with Gasteiger partial charge in [0.25, 0.3) is 0 Å². The zero-order valence-electron chi connectivity index (χ0n) is 7.95. The van der Waals surface area contributed by atoms with Crippen molar-refractivity contribution in [2.45, 2.75) is 20.3 Å². The summed E-state index contributed by atoms with van der Waals surface area (Å²) in [6.45, 7) is 3.89. The average molecular weight is 178 g/mol. The molecule has 0 saturated heterocycles. The number of anilines is 1. The summed E-state index contributed by atoms with van der Waals surface area (Å²) in [5, 5.41) is 2.74. The Morgan fingerprint density at radius 2 is 2.38 bits per heavy atom. The van der Waals surface area contributed by atoms with Gasteiger partial charge in [0.05, 0.1) is 0 Å². The number of nitrogens with one attached hydrogen (secondary N) is 1. The fourth-order valence-electron chi connectivity index (χ4n) is 0.872. The van der Waals surface area contributed by atoms with Crippen LogP contribution in [-0.4, -0.2) is 10.9 Å². The van der Waals surface area contributed by atoms with E-state index < -0.39 is 0 Å². The number of pyridine rings is 1. The van der Waals surface area contributed by atoms with E-state index in [1.807, 2.05) is 26.0 Å². The molecule has 1 rings (SSSR count). The first-order chi connectivity index (χ1) is 6.24. The van der Waals surface area contributed by atoms with E-state index in [0.717, 1.165) is 6.42 Å². The predicted molar refractivity (Wildman–Crippen MR) is 52.3 cm³/mol. The van der Waals surface area contributed by atoms with E-state index in [1.165, 1.54) is 0 Å². The predicted octanol–water partition coefficient (Wildman–Crippen LogP) is 2.07. The fourth-order valence-corrected chi connectivity index (χ4v) is 0.872. The number of carbonyl (C=O) groups is 1. The van der Waals surface area contributed by atoms with Crippen molar-refractivity contribution in [3.05, 3.63) is 24.4 Å². The van der Waals surface area contributed by atoms with E-state index in [9.17, 15) is 4.79 Å². The Morgan fingerprint density at radius 3 is 2.92 bits per heavy atom. The van der Waals surface area contributed by atoms with E-state index in [1.54, 1.807) is 12.3 Å². The first kappa shape index (κ1) is 9.71. The van der Waals surface area contributed by atoms with Gasteiger partial charge in [-0.05, 0) is 18.6 Å². The van der Waals surface area contributed by atoms with E-state index in [4.69, 9.17) is 0 Å². The van der Waals surface area contributed by atoms with Crippen LogP contribution in [0.4, 0.5) is 5.82 Å². The van der Waals surface area contributed by atoms with Gasteiger partial charge in [-0.25, -0.2) is 4.98 Å². The third-order valence-electron chi connectivity index (χ3n) is 1.98. The van der Waals surface area contributed by atoms with Crippen LogP contribution in [0.15, 0.2) is 24.4 Å². The highest BCUT2D eigenvalue weighted by atomic mass is 16.1. The summed E-state index contributed by atoms with van der Waals surface area (Å²) in [6.07, 6.45) is 2.50. The molecule has 1 heterocycles. The number of amides is 1. The number of carbonyl (C=O) groups excluding carboxylic acids is 1. The van der Waals surface area contributed by atoms with E-state index in [-0.39, 0.29) is 11.8 Å². The molecule has 3 nitrogen and oxygen atoms in total. The van der Waals surface area contributed by atoms with Crippen molar-refractivity contribution in [2.75, 3.05) is 5.32 Å². The van der Waals surface area contributed by atoms with Gasteiger partial charge in [0, 0.05) is 12.1 Å². The second kappa shape index (κ2) is 4.60. The van der Waals surface area contributed by atoms with Gasteiger partial charge < -0.3 is 5.32 Å². The minimum Gasteiger partial charge on any atom is -0.310 e. The maximum atomic E-state index is 11.4. The maximum absolute atomic E-state index is 11.4. The SMILES string of the molecule is CC[C@H](C)C(=O)Nc1ccccn1. The molecule has 0 aromatic carbocycles. The minimum absolute atomic E-state index is 0.0289. The Hall–Kier alpha value is -1.38. The summed E-state index contributed by atoms with van der Waals surface area (Å²) in [6, 6.07) is 5.44. The number of nitrogens with zero attached hydrogens (tertiary/aromatic N) is 1. The Labute approximate surface area is 78.2 Å². The van der Waals surface area contributed by atoms with Crippen LogP contribution in [0.25, 0.3) is 0 Å². The first-order valence-electron chi connectivity index (χ1n) is 4.46. The van der Waals surface area contributed by atoms with Crippen LogP contribution in [0.3, 0.4) is 0 Å². The quantitative estimate of drug-likeness (QED) is 0.769. The van der Waals surface area contributed by atoms with Gasteiger partial charge in [0.2, 0.25) is 5.91 Å². The van der Waals surface area contributed by atoms with Crippen LogP contribution >= 0.6 is 0 Å². The molecule has 1 aromatic rings. The minimum atomic E-state index is 0.0289. The van der Waals surface area contributed by atoms with Gasteiger partial charge in [-0.15, -0.1) is 0 Å². The highest BCUT2D eigenvalue weighted by molar-refractivity contribution is 5.91. The lowest BCUT2D eigenvalue weighted by Crippen LogP contribution is -2.20. The highest BCUT2D eigenvalue weighted by Gasteiger charge is 2.10. The van der Waals surface area contributed by atoms with Crippen LogP contribution in [0.1, 0.15) is 20.3 Å². The van der Waals surface area contributed by atoms with Crippen LogP contribution in [0, 0.1) is 5.92 Å². The van der Waals surface area contributed by atoms with Gasteiger partial charge in [-0.3, -0.25) is 4.79 Å². The molecule has 0 bridgehead atoms. The summed E-state index contributed by atoms with van der Waals surface area (Å²) in [5.41, 5.74) is 0. The Balaban J connectivity index is 2.55. The molecule has 0 aliphatic rings. The lowest BCUT2D eigenvalue weighted by molar-refractivity contribution is -0.119.